The van der Waals surface area contributed by atoms with Crippen molar-refractivity contribution in [3.63, 3.8) is 0 Å². The van der Waals surface area contributed by atoms with Crippen LogP contribution in [0.4, 0.5) is 0 Å². The molecule has 6 rings (SSSR count). The molecule has 6 heteroatoms. The molecule has 6 heterocycles. The molecule has 0 aromatic rings. The third kappa shape index (κ3) is 1.84. The maximum Gasteiger partial charge on any atom is 0.117 e. The van der Waals surface area contributed by atoms with Gasteiger partial charge in [0.05, 0.1) is 11.7 Å². The Morgan fingerprint density at radius 3 is 2.50 bits per heavy atom. The van der Waals surface area contributed by atoms with Gasteiger partial charge in [-0.1, -0.05) is 0 Å². The Bertz CT molecular complexity index is 609. The fourth-order valence-electron chi connectivity index (χ4n) is 7.79. The summed E-state index contributed by atoms with van der Waals surface area (Å²) in [6.07, 6.45) is 5.77. The summed E-state index contributed by atoms with van der Waals surface area (Å²) >= 11 is 0. The number of rotatable bonds is 1. The zero-order valence-corrected chi connectivity index (χ0v) is 16.8. The molecule has 6 atom stereocenters. The van der Waals surface area contributed by atoms with E-state index in [4.69, 9.17) is 5.32 Å². The lowest BCUT2D eigenvalue weighted by molar-refractivity contribution is 0.155. The van der Waals surface area contributed by atoms with Crippen molar-refractivity contribution < 1.29 is 0 Å². The van der Waals surface area contributed by atoms with Gasteiger partial charge in [-0.3, -0.25) is 9.80 Å². The minimum absolute atomic E-state index is 0.162. The zero-order chi connectivity index (χ0) is 17.7. The predicted molar refractivity (Wildman–Crippen MR) is 102 cm³/mol. The highest BCUT2D eigenvalue weighted by atomic mass is 15.7. The molecule has 6 unspecified atom stereocenters. The molecule has 0 aromatic carbocycles. The van der Waals surface area contributed by atoms with Gasteiger partial charge in [-0.2, -0.15) is 5.32 Å². The van der Waals surface area contributed by atoms with Crippen molar-refractivity contribution in [3.8, 4) is 0 Å². The minimum Gasteiger partial charge on any atom is -0.306 e. The Balaban J connectivity index is 1.32. The molecule has 6 nitrogen and oxygen atoms in total. The number of piperidine rings is 1. The van der Waals surface area contributed by atoms with E-state index >= 15 is 0 Å². The van der Waals surface area contributed by atoms with Crippen LogP contribution in [0.2, 0.25) is 0 Å². The van der Waals surface area contributed by atoms with Crippen molar-refractivity contribution in [3.05, 3.63) is 0 Å². The Kier molecular flexibility index (Phi) is 3.35. The average Bonchev–Trinajstić information content (AvgIpc) is 3.04. The van der Waals surface area contributed by atoms with Crippen LogP contribution in [-0.2, 0) is 0 Å². The van der Waals surface area contributed by atoms with Crippen LogP contribution in [-0.4, -0.2) is 121 Å². The molecule has 0 aliphatic carbocycles. The summed E-state index contributed by atoms with van der Waals surface area (Å²) in [6, 6.07) is 0.790. The van der Waals surface area contributed by atoms with Crippen LogP contribution in [0.25, 0.3) is 0 Å². The maximum atomic E-state index is 5.76. The van der Waals surface area contributed by atoms with E-state index in [0.717, 1.165) is 6.04 Å². The summed E-state index contributed by atoms with van der Waals surface area (Å²) in [5.74, 6) is 0. The molecule has 3 spiro atoms. The van der Waals surface area contributed by atoms with E-state index in [9.17, 15) is 0 Å². The highest BCUT2D eigenvalue weighted by Gasteiger charge is 2.90. The minimum atomic E-state index is 0.162. The van der Waals surface area contributed by atoms with Gasteiger partial charge in [0, 0.05) is 50.7 Å². The SMILES string of the molecule is CN1CCCN(C2CC3(CCN(C)C3)C3([N]2)N2CC4CC23CN4C)CC1. The first-order chi connectivity index (χ1) is 12.5. The Labute approximate surface area is 158 Å². The molecule has 6 fully saturated rings. The molecular formula is C20H35N6. The van der Waals surface area contributed by atoms with Crippen LogP contribution in [0, 0.1) is 5.41 Å². The predicted octanol–water partition coefficient (Wildman–Crippen LogP) is -0.252. The van der Waals surface area contributed by atoms with Crippen LogP contribution in [0.15, 0.2) is 0 Å². The molecule has 6 aliphatic rings. The number of piperazine rings is 1. The highest BCUT2D eigenvalue weighted by molar-refractivity contribution is 5.43. The summed E-state index contributed by atoms with van der Waals surface area (Å²) in [4.78, 5) is 13.3. The van der Waals surface area contributed by atoms with Crippen LogP contribution >= 0.6 is 0 Å². The fraction of sp³-hybridized carbons (Fsp3) is 1.00. The second kappa shape index (κ2) is 5.22. The lowest BCUT2D eigenvalue weighted by atomic mass is 9.73. The third-order valence-corrected chi connectivity index (χ3v) is 8.98. The van der Waals surface area contributed by atoms with Crippen molar-refractivity contribution in [1.82, 2.24) is 29.8 Å². The lowest BCUT2D eigenvalue weighted by Crippen LogP contribution is -2.49. The number of hydrogen-bond donors (Lipinski definition) is 0. The summed E-state index contributed by atoms with van der Waals surface area (Å²) in [7, 11) is 6.94. The quantitative estimate of drug-likeness (QED) is 0.603. The summed E-state index contributed by atoms with van der Waals surface area (Å²) in [5.41, 5.74) is 0.949. The van der Waals surface area contributed by atoms with Crippen molar-refractivity contribution in [2.45, 2.75) is 49.1 Å². The average molecular weight is 360 g/mol. The van der Waals surface area contributed by atoms with Gasteiger partial charge in [0.15, 0.2) is 0 Å². The van der Waals surface area contributed by atoms with E-state index in [1.54, 1.807) is 0 Å². The van der Waals surface area contributed by atoms with Gasteiger partial charge in [-0.25, -0.2) is 0 Å². The first-order valence-corrected chi connectivity index (χ1v) is 10.8. The largest absolute Gasteiger partial charge is 0.306 e. The van der Waals surface area contributed by atoms with Crippen molar-refractivity contribution in [1.29, 1.82) is 0 Å². The van der Waals surface area contributed by atoms with E-state index in [1.807, 2.05) is 0 Å². The summed E-state index contributed by atoms with van der Waals surface area (Å²) in [5, 5.41) is 5.76. The second-order valence-electron chi connectivity index (χ2n) is 10.4. The van der Waals surface area contributed by atoms with Crippen LogP contribution in [0.3, 0.4) is 0 Å². The Hall–Kier alpha value is -0.240. The molecule has 1 radical (unpaired) electrons. The first kappa shape index (κ1) is 16.7. The molecule has 0 amide bonds. The smallest absolute Gasteiger partial charge is 0.117 e. The summed E-state index contributed by atoms with van der Waals surface area (Å²) < 4.78 is 0. The maximum absolute atomic E-state index is 5.76. The third-order valence-electron chi connectivity index (χ3n) is 8.98. The molecule has 26 heavy (non-hydrogen) atoms. The first-order valence-electron chi connectivity index (χ1n) is 10.8. The van der Waals surface area contributed by atoms with Crippen molar-refractivity contribution in [2.24, 2.45) is 5.41 Å². The number of likely N-dealkylation sites (N-methyl/N-ethyl adjacent to an activating group) is 2. The molecule has 2 bridgehead atoms. The van der Waals surface area contributed by atoms with Gasteiger partial charge >= 0.3 is 0 Å². The molecule has 0 aromatic heterocycles. The number of nitrogens with zero attached hydrogens (tertiary/aromatic N) is 6. The Morgan fingerprint density at radius 1 is 0.885 bits per heavy atom. The van der Waals surface area contributed by atoms with E-state index in [-0.39, 0.29) is 5.66 Å². The summed E-state index contributed by atoms with van der Waals surface area (Å²) in [6.45, 7) is 9.90. The van der Waals surface area contributed by atoms with Crippen LogP contribution in [0.1, 0.15) is 25.7 Å². The number of hydrogen-bond acceptors (Lipinski definition) is 5. The molecule has 0 N–H and O–H groups in total. The van der Waals surface area contributed by atoms with E-state index in [1.165, 1.54) is 78.0 Å². The normalized spacial score (nSPS) is 55.3. The number of fused-ring (bicyclic) bond motifs is 3. The molecule has 6 aliphatic heterocycles. The van der Waals surface area contributed by atoms with Gasteiger partial charge in [0.25, 0.3) is 0 Å². The molecule has 6 saturated heterocycles. The molecule has 0 saturated carbocycles. The monoisotopic (exact) mass is 359 g/mol. The lowest BCUT2D eigenvalue weighted by Gasteiger charge is -2.33. The van der Waals surface area contributed by atoms with E-state index in [0.29, 0.717) is 17.1 Å². The van der Waals surface area contributed by atoms with Crippen molar-refractivity contribution >= 4 is 0 Å². The van der Waals surface area contributed by atoms with E-state index < -0.39 is 0 Å². The van der Waals surface area contributed by atoms with Gasteiger partial charge in [-0.05, 0) is 59.9 Å². The standard InChI is InChI=1S/C20H35N6/c1-22-6-4-7-25(10-9-22)17-12-18(5-8-23(2)14-18)20(21-17)19-11-16(13-26(19)20)24(3)15-19/h16-17H,4-15H2,1-3H3. The fourth-order valence-corrected chi connectivity index (χ4v) is 7.79. The highest BCUT2D eigenvalue weighted by Crippen LogP contribution is 2.73. The zero-order valence-electron chi connectivity index (χ0n) is 16.8. The van der Waals surface area contributed by atoms with Crippen molar-refractivity contribution in [2.75, 3.05) is 73.5 Å². The topological polar surface area (TPSA) is 30.1 Å². The number of likely N-dealkylation sites (tertiary alicyclic amines) is 2. The molecular weight excluding hydrogens is 324 g/mol. The second-order valence-corrected chi connectivity index (χ2v) is 10.4. The van der Waals surface area contributed by atoms with Gasteiger partial charge < -0.3 is 14.7 Å². The van der Waals surface area contributed by atoms with Gasteiger partial charge in [0.1, 0.15) is 5.66 Å². The van der Waals surface area contributed by atoms with Crippen LogP contribution in [0.5, 0.6) is 0 Å². The molecule has 145 valence electrons. The van der Waals surface area contributed by atoms with Gasteiger partial charge in [0.2, 0.25) is 0 Å². The Morgan fingerprint density at radius 2 is 1.77 bits per heavy atom. The van der Waals surface area contributed by atoms with E-state index in [2.05, 4.69) is 45.6 Å². The van der Waals surface area contributed by atoms with Gasteiger partial charge in [-0.15, -0.1) is 0 Å². The van der Waals surface area contributed by atoms with Crippen LogP contribution < -0.4 is 5.32 Å².